The van der Waals surface area contributed by atoms with Crippen LogP contribution in [-0.4, -0.2) is 44.4 Å². The third kappa shape index (κ3) is 4.69. The molecule has 1 saturated heterocycles. The number of benzene rings is 1. The minimum Gasteiger partial charge on any atom is -0.368 e. The smallest absolute Gasteiger partial charge is 0.324 e. The first kappa shape index (κ1) is 22.4. The van der Waals surface area contributed by atoms with Crippen LogP contribution in [-0.2, 0) is 11.2 Å². The van der Waals surface area contributed by atoms with Gasteiger partial charge in [0.05, 0.1) is 16.3 Å². The molecule has 3 aromatic rings. The molecule has 0 bridgehead atoms. The van der Waals surface area contributed by atoms with Crippen molar-refractivity contribution in [2.24, 2.45) is 5.73 Å². The van der Waals surface area contributed by atoms with Gasteiger partial charge < -0.3 is 10.6 Å². The summed E-state index contributed by atoms with van der Waals surface area (Å²) in [5, 5.41) is 4.31. The quantitative estimate of drug-likeness (QED) is 0.553. The van der Waals surface area contributed by atoms with Gasteiger partial charge in [0.15, 0.2) is 5.13 Å². The van der Waals surface area contributed by atoms with E-state index in [1.807, 2.05) is 6.92 Å². The van der Waals surface area contributed by atoms with Gasteiger partial charge in [0.2, 0.25) is 5.91 Å². The van der Waals surface area contributed by atoms with Crippen molar-refractivity contribution in [3.8, 4) is 10.6 Å². The van der Waals surface area contributed by atoms with Crippen molar-refractivity contribution in [1.82, 2.24) is 19.9 Å². The van der Waals surface area contributed by atoms with Crippen molar-refractivity contribution in [2.45, 2.75) is 32.2 Å². The summed E-state index contributed by atoms with van der Waals surface area (Å²) >= 11 is 13.9. The highest BCUT2D eigenvalue weighted by Crippen LogP contribution is 2.33. The predicted molar refractivity (Wildman–Crippen MR) is 125 cm³/mol. The van der Waals surface area contributed by atoms with Gasteiger partial charge in [0.25, 0.3) is 0 Å². The summed E-state index contributed by atoms with van der Waals surface area (Å²) < 4.78 is 0. The molecule has 0 spiro atoms. The van der Waals surface area contributed by atoms with E-state index in [0.29, 0.717) is 46.1 Å². The predicted octanol–water partition coefficient (Wildman–Crippen LogP) is 4.29. The number of halogens is 2. The second kappa shape index (κ2) is 9.40. The summed E-state index contributed by atoms with van der Waals surface area (Å²) in [5.74, 6) is 0.0676. The molecule has 166 valence electrons. The highest BCUT2D eigenvalue weighted by atomic mass is 35.5. The molecule has 1 atom stereocenters. The van der Waals surface area contributed by atoms with Crippen LogP contribution in [0.25, 0.3) is 10.6 Å². The van der Waals surface area contributed by atoms with Crippen LogP contribution in [0.15, 0.2) is 30.5 Å². The third-order valence-corrected chi connectivity index (χ3v) is 6.99. The van der Waals surface area contributed by atoms with Gasteiger partial charge in [-0.3, -0.25) is 10.1 Å². The van der Waals surface area contributed by atoms with Crippen LogP contribution in [0.2, 0.25) is 10.0 Å². The van der Waals surface area contributed by atoms with E-state index in [4.69, 9.17) is 28.9 Å². The fraction of sp³-hybridized carbons (Fsp3) is 0.286. The van der Waals surface area contributed by atoms with Crippen LogP contribution in [0.3, 0.4) is 0 Å². The Morgan fingerprint density at radius 2 is 2.00 bits per heavy atom. The summed E-state index contributed by atoms with van der Waals surface area (Å²) in [6.07, 6.45) is 3.37. The van der Waals surface area contributed by atoms with Gasteiger partial charge >= 0.3 is 6.03 Å². The number of nitrogens with one attached hydrogen (secondary N) is 1. The Balaban J connectivity index is 1.53. The van der Waals surface area contributed by atoms with Crippen molar-refractivity contribution < 1.29 is 9.59 Å². The van der Waals surface area contributed by atoms with Gasteiger partial charge in [-0.2, -0.15) is 0 Å². The molecule has 0 aliphatic carbocycles. The highest BCUT2D eigenvalue weighted by Gasteiger charge is 2.33. The molecule has 3 N–H and O–H groups in total. The van der Waals surface area contributed by atoms with E-state index in [0.717, 1.165) is 22.6 Å². The number of rotatable bonds is 5. The molecular formula is C21H20Cl2N6O2S. The minimum absolute atomic E-state index is 0.386. The summed E-state index contributed by atoms with van der Waals surface area (Å²) in [5.41, 5.74) is 7.57. The summed E-state index contributed by atoms with van der Waals surface area (Å²) in [6, 6.07) is 6.15. The second-order valence-electron chi connectivity index (χ2n) is 7.35. The average molecular weight is 491 g/mol. The SMILES string of the molecule is Cc1nc(NC(=O)N2CCCC2C(N)=O)sc1-c1ccnc(Cc2c(Cl)cccc2Cl)n1. The molecule has 3 amide bonds. The normalized spacial score (nSPS) is 15.7. The molecule has 11 heteroatoms. The first-order chi connectivity index (χ1) is 15.3. The van der Waals surface area contributed by atoms with Crippen LogP contribution in [0.1, 0.15) is 29.9 Å². The third-order valence-electron chi connectivity index (χ3n) is 5.19. The molecule has 1 aliphatic heterocycles. The number of primary amides is 1. The Bertz CT molecular complexity index is 1160. The van der Waals surface area contributed by atoms with Crippen molar-refractivity contribution in [1.29, 1.82) is 0 Å². The standard InChI is InChI=1S/C21H20Cl2N6O2S/c1-11-18(32-20(26-11)28-21(31)29-9-3-6-16(29)19(24)30)15-7-8-25-17(27-15)10-12-13(22)4-2-5-14(12)23/h2,4-5,7-8,16H,3,6,9-10H2,1H3,(H2,24,30)(H,26,28,31). The number of anilines is 1. The number of carbonyl (C=O) groups excluding carboxylic acids is 2. The Morgan fingerprint density at radius 3 is 2.72 bits per heavy atom. The van der Waals surface area contributed by atoms with E-state index in [2.05, 4.69) is 20.3 Å². The molecule has 1 aromatic carbocycles. The van der Waals surface area contributed by atoms with Gasteiger partial charge in [-0.1, -0.05) is 40.6 Å². The lowest BCUT2D eigenvalue weighted by Gasteiger charge is -2.21. The fourth-order valence-electron chi connectivity index (χ4n) is 3.63. The Kier molecular flexibility index (Phi) is 6.59. The summed E-state index contributed by atoms with van der Waals surface area (Å²) in [7, 11) is 0. The summed E-state index contributed by atoms with van der Waals surface area (Å²) in [6.45, 7) is 2.33. The lowest BCUT2D eigenvalue weighted by Crippen LogP contribution is -2.45. The molecule has 3 heterocycles. The van der Waals surface area contributed by atoms with Gasteiger partial charge in [-0.15, -0.1) is 0 Å². The number of hydrogen-bond donors (Lipinski definition) is 2. The number of urea groups is 1. The van der Waals surface area contributed by atoms with Gasteiger partial charge in [-0.25, -0.2) is 19.7 Å². The minimum atomic E-state index is -0.586. The van der Waals surface area contributed by atoms with Crippen LogP contribution in [0.4, 0.5) is 9.93 Å². The first-order valence-electron chi connectivity index (χ1n) is 9.93. The molecule has 1 aliphatic rings. The number of nitrogens with zero attached hydrogens (tertiary/aromatic N) is 4. The Labute approximate surface area is 198 Å². The molecule has 8 nitrogen and oxygen atoms in total. The Hall–Kier alpha value is -2.75. The maximum Gasteiger partial charge on any atom is 0.324 e. The average Bonchev–Trinajstić information content (AvgIpc) is 3.38. The molecular weight excluding hydrogens is 471 g/mol. The number of amides is 3. The number of hydrogen-bond acceptors (Lipinski definition) is 6. The van der Waals surface area contributed by atoms with Gasteiger partial charge in [-0.05, 0) is 43.5 Å². The molecule has 1 fully saturated rings. The number of nitrogens with two attached hydrogens (primary N) is 1. The fourth-order valence-corrected chi connectivity index (χ4v) is 5.08. The first-order valence-corrected chi connectivity index (χ1v) is 11.5. The van der Waals surface area contributed by atoms with E-state index >= 15 is 0 Å². The number of aryl methyl sites for hydroxylation is 1. The molecule has 2 aromatic heterocycles. The molecule has 0 saturated carbocycles. The molecule has 1 unspecified atom stereocenters. The van der Waals surface area contributed by atoms with Crippen LogP contribution in [0.5, 0.6) is 0 Å². The lowest BCUT2D eigenvalue weighted by molar-refractivity contribution is -0.121. The number of likely N-dealkylation sites (tertiary alicyclic amines) is 1. The zero-order valence-electron chi connectivity index (χ0n) is 17.1. The maximum absolute atomic E-state index is 12.6. The molecule has 0 radical (unpaired) electrons. The van der Waals surface area contributed by atoms with Crippen LogP contribution < -0.4 is 11.1 Å². The van der Waals surface area contributed by atoms with Crippen molar-refractivity contribution in [2.75, 3.05) is 11.9 Å². The van der Waals surface area contributed by atoms with E-state index < -0.39 is 11.9 Å². The van der Waals surface area contributed by atoms with Crippen LogP contribution in [0, 0.1) is 6.92 Å². The summed E-state index contributed by atoms with van der Waals surface area (Å²) in [4.78, 5) is 39.9. The van der Waals surface area contributed by atoms with Crippen molar-refractivity contribution in [3.63, 3.8) is 0 Å². The maximum atomic E-state index is 12.6. The number of aromatic nitrogens is 3. The molecule has 4 rings (SSSR count). The van der Waals surface area contributed by atoms with Gasteiger partial charge in [0, 0.05) is 29.2 Å². The zero-order chi connectivity index (χ0) is 22.8. The van der Waals surface area contributed by atoms with E-state index in [1.165, 1.54) is 16.2 Å². The van der Waals surface area contributed by atoms with Crippen molar-refractivity contribution >= 4 is 51.6 Å². The zero-order valence-corrected chi connectivity index (χ0v) is 19.5. The monoisotopic (exact) mass is 490 g/mol. The number of thiazole rings is 1. The number of carbonyl (C=O) groups is 2. The largest absolute Gasteiger partial charge is 0.368 e. The second-order valence-corrected chi connectivity index (χ2v) is 9.17. The van der Waals surface area contributed by atoms with E-state index in [1.54, 1.807) is 30.5 Å². The highest BCUT2D eigenvalue weighted by molar-refractivity contribution is 7.19. The van der Waals surface area contributed by atoms with E-state index in [9.17, 15) is 9.59 Å². The van der Waals surface area contributed by atoms with Crippen molar-refractivity contribution in [3.05, 3.63) is 57.6 Å². The van der Waals surface area contributed by atoms with E-state index in [-0.39, 0.29) is 6.03 Å². The lowest BCUT2D eigenvalue weighted by atomic mass is 10.1. The molecule has 32 heavy (non-hydrogen) atoms. The van der Waals surface area contributed by atoms with Gasteiger partial charge in [0.1, 0.15) is 11.9 Å². The topological polar surface area (TPSA) is 114 Å². The van der Waals surface area contributed by atoms with Crippen LogP contribution >= 0.6 is 34.5 Å². The Morgan fingerprint density at radius 1 is 1.25 bits per heavy atom.